The Morgan fingerprint density at radius 3 is 2.56 bits per heavy atom. The number of methoxy groups -OCH3 is 2. The van der Waals surface area contributed by atoms with Gasteiger partial charge in [-0.2, -0.15) is 0 Å². The second-order valence-electron chi connectivity index (χ2n) is 6.81. The smallest absolute Gasteiger partial charge is 0.232 e. The average Bonchev–Trinajstić information content (AvgIpc) is 2.95. The summed E-state index contributed by atoms with van der Waals surface area (Å²) in [5.74, 6) is 1.44. The third-order valence-corrected chi connectivity index (χ3v) is 4.46. The van der Waals surface area contributed by atoms with E-state index in [1.807, 2.05) is 14.1 Å². The lowest BCUT2D eigenvalue weighted by Crippen LogP contribution is -3.04. The molecule has 0 bridgehead atoms. The third-order valence-electron chi connectivity index (χ3n) is 4.46. The van der Waals surface area contributed by atoms with Crippen molar-refractivity contribution in [1.82, 2.24) is 0 Å². The topological polar surface area (TPSA) is 72.3 Å². The molecular formula is C21H23NO5. The fourth-order valence-electron chi connectivity index (χ4n) is 3.17. The van der Waals surface area contributed by atoms with E-state index in [4.69, 9.17) is 14.2 Å². The molecule has 2 aromatic carbocycles. The lowest BCUT2D eigenvalue weighted by Gasteiger charge is -2.19. The van der Waals surface area contributed by atoms with Gasteiger partial charge in [0.25, 0.3) is 0 Å². The molecule has 1 aliphatic rings. The van der Waals surface area contributed by atoms with Crippen LogP contribution in [0.4, 0.5) is 0 Å². The lowest BCUT2D eigenvalue weighted by atomic mass is 9.99. The summed E-state index contributed by atoms with van der Waals surface area (Å²) in [5, 5.41) is 12.4. The predicted molar refractivity (Wildman–Crippen MR) is 99.6 cm³/mol. The van der Waals surface area contributed by atoms with E-state index < -0.39 is 0 Å². The number of hydrogen-bond donors (Lipinski definition) is 1. The minimum atomic E-state index is -0.227. The molecule has 27 heavy (non-hydrogen) atoms. The Morgan fingerprint density at radius 2 is 1.93 bits per heavy atom. The molecule has 3 rings (SSSR count). The van der Waals surface area contributed by atoms with Gasteiger partial charge >= 0.3 is 0 Å². The van der Waals surface area contributed by atoms with Crippen molar-refractivity contribution in [3.05, 3.63) is 52.3 Å². The summed E-state index contributed by atoms with van der Waals surface area (Å²) in [6.45, 7) is 2.23. The molecule has 2 aromatic rings. The lowest BCUT2D eigenvalue weighted by molar-refractivity contribution is -0.872. The number of fused-ring (bicyclic) bond motifs is 1. The number of benzene rings is 2. The number of Topliss-reactive ketones (excluding diaryl/α,β-unsaturated/α-hetero) is 1. The molecular weight excluding hydrogens is 346 g/mol. The van der Waals surface area contributed by atoms with Crippen LogP contribution in [0.5, 0.6) is 23.0 Å². The van der Waals surface area contributed by atoms with Crippen molar-refractivity contribution in [2.24, 2.45) is 0 Å². The van der Waals surface area contributed by atoms with Crippen molar-refractivity contribution >= 4 is 11.9 Å². The maximum atomic E-state index is 12.9. The molecule has 142 valence electrons. The zero-order valence-electron chi connectivity index (χ0n) is 16.1. The molecule has 0 amide bonds. The van der Waals surface area contributed by atoms with Gasteiger partial charge in [-0.1, -0.05) is 11.8 Å². The minimum Gasteiger partial charge on any atom is -0.872 e. The number of aryl methyl sites for hydroxylation is 1. The molecule has 1 heterocycles. The molecule has 0 aromatic heterocycles. The second kappa shape index (κ2) is 7.32. The number of hydrogen-bond acceptors (Lipinski definition) is 5. The molecule has 1 N–H and O–H groups in total. The molecule has 0 fully saturated rings. The zero-order valence-corrected chi connectivity index (χ0v) is 16.1. The minimum absolute atomic E-state index is 0.108. The van der Waals surface area contributed by atoms with Gasteiger partial charge in [-0.3, -0.25) is 4.79 Å². The summed E-state index contributed by atoms with van der Waals surface area (Å²) < 4.78 is 16.5. The van der Waals surface area contributed by atoms with Crippen LogP contribution < -0.4 is 24.2 Å². The van der Waals surface area contributed by atoms with Gasteiger partial charge in [-0.05, 0) is 30.7 Å². The fourth-order valence-corrected chi connectivity index (χ4v) is 3.17. The van der Waals surface area contributed by atoms with Crippen LogP contribution in [0, 0.1) is 6.92 Å². The Hall–Kier alpha value is -2.99. The molecule has 6 nitrogen and oxygen atoms in total. The van der Waals surface area contributed by atoms with Crippen LogP contribution in [0.15, 0.2) is 30.0 Å². The highest BCUT2D eigenvalue weighted by Crippen LogP contribution is 2.41. The van der Waals surface area contributed by atoms with Crippen molar-refractivity contribution in [1.29, 1.82) is 0 Å². The first-order valence-electron chi connectivity index (χ1n) is 8.64. The largest absolute Gasteiger partial charge is 0.872 e. The average molecular weight is 369 g/mol. The van der Waals surface area contributed by atoms with Crippen molar-refractivity contribution < 1.29 is 29.0 Å². The molecule has 0 saturated heterocycles. The first kappa shape index (κ1) is 18.8. The van der Waals surface area contributed by atoms with Gasteiger partial charge in [0, 0.05) is 17.2 Å². The predicted octanol–water partition coefficient (Wildman–Crippen LogP) is 1.35. The van der Waals surface area contributed by atoms with Gasteiger partial charge in [0.1, 0.15) is 23.8 Å². The number of ether oxygens (including phenoxy) is 3. The van der Waals surface area contributed by atoms with Gasteiger partial charge in [0.05, 0.1) is 33.9 Å². The number of quaternary nitrogens is 1. The summed E-state index contributed by atoms with van der Waals surface area (Å²) in [5.41, 5.74) is 2.30. The number of ketones is 1. The fraction of sp³-hybridized carbons (Fsp3) is 0.286. The maximum Gasteiger partial charge on any atom is 0.232 e. The van der Waals surface area contributed by atoms with Gasteiger partial charge < -0.3 is 24.2 Å². The van der Waals surface area contributed by atoms with Gasteiger partial charge in [-0.25, -0.2) is 0 Å². The molecule has 0 radical (unpaired) electrons. The van der Waals surface area contributed by atoms with E-state index in [9.17, 15) is 9.90 Å². The van der Waals surface area contributed by atoms with Crippen LogP contribution in [-0.2, 0) is 6.54 Å². The van der Waals surface area contributed by atoms with Crippen molar-refractivity contribution in [2.75, 3.05) is 28.3 Å². The Bertz CT molecular complexity index is 931. The Morgan fingerprint density at radius 1 is 1.19 bits per heavy atom. The molecule has 0 atom stereocenters. The normalized spacial score (nSPS) is 14.4. The van der Waals surface area contributed by atoms with E-state index in [0.717, 1.165) is 4.90 Å². The highest BCUT2D eigenvalue weighted by molar-refractivity contribution is 6.16. The van der Waals surface area contributed by atoms with Crippen molar-refractivity contribution in [3.8, 4) is 23.0 Å². The van der Waals surface area contributed by atoms with Gasteiger partial charge in [0.2, 0.25) is 5.78 Å². The molecule has 1 aliphatic heterocycles. The summed E-state index contributed by atoms with van der Waals surface area (Å²) in [4.78, 5) is 14.0. The highest BCUT2D eigenvalue weighted by Gasteiger charge is 2.32. The molecule has 0 saturated carbocycles. The van der Waals surface area contributed by atoms with Crippen molar-refractivity contribution in [2.45, 2.75) is 13.5 Å². The monoisotopic (exact) mass is 369 g/mol. The highest BCUT2D eigenvalue weighted by atomic mass is 16.5. The van der Waals surface area contributed by atoms with E-state index in [1.165, 1.54) is 6.07 Å². The Balaban J connectivity index is 2.07. The molecule has 0 aliphatic carbocycles. The van der Waals surface area contributed by atoms with E-state index in [-0.39, 0.29) is 17.3 Å². The number of nitrogens with one attached hydrogen (secondary N) is 1. The zero-order chi connectivity index (χ0) is 19.7. The van der Waals surface area contributed by atoms with Crippen LogP contribution in [0.2, 0.25) is 0 Å². The van der Waals surface area contributed by atoms with E-state index in [2.05, 4.69) is 0 Å². The standard InChI is InChI=1S/C21H23NO5/c1-12-8-16(23)15(11-22(2)3)21-19(12)20(24)18(27-21)9-13-6-7-14(25-4)10-17(13)26-5/h6-10,23H,11H2,1-5H3/b18-9-. The summed E-state index contributed by atoms with van der Waals surface area (Å²) in [6, 6.07) is 6.82. The third kappa shape index (κ3) is 3.48. The van der Waals surface area contributed by atoms with Crippen LogP contribution in [0.25, 0.3) is 6.08 Å². The second-order valence-corrected chi connectivity index (χ2v) is 6.81. The quantitative estimate of drug-likeness (QED) is 0.806. The molecule has 6 heteroatoms. The first-order chi connectivity index (χ1) is 12.8. The van der Waals surface area contributed by atoms with E-state index in [1.54, 1.807) is 45.4 Å². The van der Waals surface area contributed by atoms with Crippen LogP contribution in [0.1, 0.15) is 27.0 Å². The Kier molecular flexibility index (Phi) is 5.10. The van der Waals surface area contributed by atoms with Gasteiger partial charge in [-0.15, -0.1) is 0 Å². The van der Waals surface area contributed by atoms with Crippen LogP contribution >= 0.6 is 0 Å². The van der Waals surface area contributed by atoms with E-state index >= 15 is 0 Å². The van der Waals surface area contributed by atoms with E-state index in [0.29, 0.717) is 46.0 Å². The number of carbonyl (C=O) groups is 1. The summed E-state index contributed by atoms with van der Waals surface area (Å²) >= 11 is 0. The summed E-state index contributed by atoms with van der Waals surface area (Å²) in [6.07, 6.45) is 1.64. The number of allylic oxidation sites excluding steroid dienone is 1. The number of carbonyl (C=O) groups excluding carboxylic acids is 1. The van der Waals surface area contributed by atoms with Crippen LogP contribution in [0.3, 0.4) is 0 Å². The first-order valence-corrected chi connectivity index (χ1v) is 8.64. The van der Waals surface area contributed by atoms with Crippen LogP contribution in [-0.4, -0.2) is 34.1 Å². The number of rotatable bonds is 5. The maximum absolute atomic E-state index is 12.9. The van der Waals surface area contributed by atoms with Crippen molar-refractivity contribution in [3.63, 3.8) is 0 Å². The van der Waals surface area contributed by atoms with Gasteiger partial charge in [0.15, 0.2) is 5.76 Å². The molecule has 0 unspecified atom stereocenters. The Labute approximate surface area is 158 Å². The SMILES string of the molecule is COc1ccc(/C=C2\Oc3c(C[NH+](C)C)c([O-])cc(C)c3C2=O)c(OC)c1. The summed E-state index contributed by atoms with van der Waals surface area (Å²) in [7, 11) is 7.02. The molecule has 0 spiro atoms.